The zero-order valence-corrected chi connectivity index (χ0v) is 19.1. The first-order chi connectivity index (χ1) is 15.7. The Morgan fingerprint density at radius 3 is 2.55 bits per heavy atom. The number of likely N-dealkylation sites (tertiary alicyclic amines) is 1. The van der Waals surface area contributed by atoms with Crippen LogP contribution in [-0.4, -0.2) is 51.4 Å². The van der Waals surface area contributed by atoms with E-state index in [0.29, 0.717) is 18.7 Å². The molecule has 9 nitrogen and oxygen atoms in total. The van der Waals surface area contributed by atoms with Gasteiger partial charge >= 0.3 is 0 Å². The molecule has 1 aromatic heterocycles. The van der Waals surface area contributed by atoms with Crippen LogP contribution in [0.2, 0.25) is 0 Å². The standard InChI is InChI=1S/C23H23N3O6S/c1-14-10-17(18(26(30)31)11-15(14)2)19-7-6-16(32-19)12-20-22(28)25(23(29)33-20)13-21(27)24-8-4-3-5-9-24/h6-7,10-12H,3-5,8-9,13H2,1-2H3/b20-12-. The topological polar surface area (TPSA) is 114 Å². The highest BCUT2D eigenvalue weighted by Crippen LogP contribution is 2.36. The number of aryl methyl sites for hydroxylation is 2. The smallest absolute Gasteiger partial charge is 0.294 e. The number of carbonyl (C=O) groups is 3. The third-order valence-corrected chi connectivity index (χ3v) is 6.76. The van der Waals surface area contributed by atoms with E-state index in [9.17, 15) is 24.5 Å². The van der Waals surface area contributed by atoms with E-state index in [1.165, 1.54) is 12.1 Å². The number of furan rings is 1. The second kappa shape index (κ2) is 9.22. The van der Waals surface area contributed by atoms with Gasteiger partial charge in [-0.05, 0) is 74.2 Å². The van der Waals surface area contributed by atoms with Crippen LogP contribution < -0.4 is 0 Å². The van der Waals surface area contributed by atoms with Crippen LogP contribution in [0.4, 0.5) is 10.5 Å². The Hall–Kier alpha value is -3.40. The number of nitro groups is 1. The van der Waals surface area contributed by atoms with Gasteiger partial charge in [0.05, 0.1) is 15.4 Å². The van der Waals surface area contributed by atoms with Crippen LogP contribution in [0.1, 0.15) is 36.1 Å². The highest BCUT2D eigenvalue weighted by Gasteiger charge is 2.37. The summed E-state index contributed by atoms with van der Waals surface area (Å²) in [5.74, 6) is -0.216. The molecule has 3 heterocycles. The Bertz CT molecular complexity index is 1180. The van der Waals surface area contributed by atoms with Crippen LogP contribution in [0.25, 0.3) is 17.4 Å². The van der Waals surface area contributed by atoms with Crippen LogP contribution in [0, 0.1) is 24.0 Å². The Morgan fingerprint density at radius 1 is 1.15 bits per heavy atom. The maximum absolute atomic E-state index is 12.8. The normalized spacial score (nSPS) is 17.8. The fraction of sp³-hybridized carbons (Fsp3) is 0.348. The van der Waals surface area contributed by atoms with Crippen molar-refractivity contribution in [3.05, 3.63) is 56.2 Å². The van der Waals surface area contributed by atoms with Gasteiger partial charge in [-0.2, -0.15) is 0 Å². The number of hydrogen-bond acceptors (Lipinski definition) is 7. The number of piperidine rings is 1. The van der Waals surface area contributed by atoms with Crippen molar-refractivity contribution in [3.8, 4) is 11.3 Å². The number of nitro benzene ring substituents is 1. The molecule has 0 N–H and O–H groups in total. The van der Waals surface area contributed by atoms with Gasteiger partial charge in [-0.3, -0.25) is 29.4 Å². The summed E-state index contributed by atoms with van der Waals surface area (Å²) >= 11 is 0.742. The number of benzene rings is 1. The number of amides is 3. The Kier molecular flexibility index (Phi) is 6.37. The minimum atomic E-state index is -0.550. The summed E-state index contributed by atoms with van der Waals surface area (Å²) in [5, 5.41) is 11.0. The highest BCUT2D eigenvalue weighted by molar-refractivity contribution is 8.18. The monoisotopic (exact) mass is 469 g/mol. The maximum atomic E-state index is 12.8. The molecular formula is C23H23N3O6S. The van der Waals surface area contributed by atoms with E-state index < -0.39 is 16.1 Å². The molecule has 0 spiro atoms. The summed E-state index contributed by atoms with van der Waals surface area (Å²) in [6, 6.07) is 6.36. The molecule has 1 aromatic carbocycles. The lowest BCUT2D eigenvalue weighted by atomic mass is 10.0. The number of carbonyl (C=O) groups excluding carboxylic acids is 3. The molecule has 2 fully saturated rings. The predicted octanol–water partition coefficient (Wildman–Crippen LogP) is 4.52. The van der Waals surface area contributed by atoms with Crippen molar-refractivity contribution in [2.45, 2.75) is 33.1 Å². The lowest BCUT2D eigenvalue weighted by Crippen LogP contribution is -2.44. The van der Waals surface area contributed by atoms with Crippen molar-refractivity contribution >= 4 is 40.6 Å². The lowest BCUT2D eigenvalue weighted by Gasteiger charge is -2.27. The second-order valence-electron chi connectivity index (χ2n) is 8.12. The highest BCUT2D eigenvalue weighted by atomic mass is 32.2. The van der Waals surface area contributed by atoms with Crippen molar-refractivity contribution in [2.75, 3.05) is 19.6 Å². The molecule has 0 unspecified atom stereocenters. The Labute approximate surface area is 194 Å². The average Bonchev–Trinajstić information content (AvgIpc) is 3.36. The first-order valence-corrected chi connectivity index (χ1v) is 11.4. The zero-order valence-electron chi connectivity index (χ0n) is 18.3. The summed E-state index contributed by atoms with van der Waals surface area (Å²) in [7, 11) is 0. The predicted molar refractivity (Wildman–Crippen MR) is 123 cm³/mol. The first-order valence-electron chi connectivity index (χ1n) is 10.6. The van der Waals surface area contributed by atoms with Crippen molar-refractivity contribution in [1.29, 1.82) is 0 Å². The van der Waals surface area contributed by atoms with E-state index in [1.807, 2.05) is 6.92 Å². The molecule has 0 atom stereocenters. The summed E-state index contributed by atoms with van der Waals surface area (Å²) in [4.78, 5) is 51.4. The first kappa shape index (κ1) is 22.8. The van der Waals surface area contributed by atoms with Crippen LogP contribution >= 0.6 is 11.8 Å². The van der Waals surface area contributed by atoms with Crippen LogP contribution in [0.15, 0.2) is 33.6 Å². The molecule has 2 aliphatic heterocycles. The van der Waals surface area contributed by atoms with E-state index in [2.05, 4.69) is 0 Å². The van der Waals surface area contributed by atoms with Crippen molar-refractivity contribution < 1.29 is 23.7 Å². The molecule has 172 valence electrons. The molecule has 2 aromatic rings. The van der Waals surface area contributed by atoms with Gasteiger partial charge in [0, 0.05) is 25.2 Å². The lowest BCUT2D eigenvalue weighted by molar-refractivity contribution is -0.384. The Balaban J connectivity index is 1.53. The van der Waals surface area contributed by atoms with Crippen LogP contribution in [0.5, 0.6) is 0 Å². The van der Waals surface area contributed by atoms with Gasteiger partial charge < -0.3 is 9.32 Å². The maximum Gasteiger partial charge on any atom is 0.294 e. The molecule has 10 heteroatoms. The summed E-state index contributed by atoms with van der Waals surface area (Å²) < 4.78 is 5.76. The average molecular weight is 470 g/mol. The molecular weight excluding hydrogens is 446 g/mol. The largest absolute Gasteiger partial charge is 0.456 e. The van der Waals surface area contributed by atoms with Gasteiger partial charge in [0.1, 0.15) is 18.1 Å². The number of nitrogens with zero attached hydrogens (tertiary/aromatic N) is 3. The number of hydrogen-bond donors (Lipinski definition) is 0. The number of imide groups is 1. The number of rotatable bonds is 5. The van der Waals surface area contributed by atoms with Gasteiger partial charge in [-0.1, -0.05) is 0 Å². The third kappa shape index (κ3) is 4.70. The van der Waals surface area contributed by atoms with Crippen molar-refractivity contribution in [3.63, 3.8) is 0 Å². The molecule has 0 saturated carbocycles. The second-order valence-corrected chi connectivity index (χ2v) is 9.12. The molecule has 3 amide bonds. The Morgan fingerprint density at radius 2 is 1.85 bits per heavy atom. The summed E-state index contributed by atoms with van der Waals surface area (Å²) in [5.41, 5.74) is 1.94. The van der Waals surface area contributed by atoms with Gasteiger partial charge in [-0.25, -0.2) is 0 Å². The third-order valence-electron chi connectivity index (χ3n) is 5.85. The van der Waals surface area contributed by atoms with E-state index in [0.717, 1.165) is 47.1 Å². The van der Waals surface area contributed by atoms with Gasteiger partial charge in [0.2, 0.25) is 5.91 Å². The van der Waals surface area contributed by atoms with Gasteiger partial charge in [-0.15, -0.1) is 0 Å². The van der Waals surface area contributed by atoms with E-state index in [1.54, 1.807) is 30.0 Å². The van der Waals surface area contributed by atoms with E-state index >= 15 is 0 Å². The number of thioether (sulfide) groups is 1. The zero-order chi connectivity index (χ0) is 23.7. The molecule has 2 aliphatic rings. The quantitative estimate of drug-likeness (QED) is 0.359. The minimum Gasteiger partial charge on any atom is -0.456 e. The van der Waals surface area contributed by atoms with Gasteiger partial charge in [0.15, 0.2) is 0 Å². The van der Waals surface area contributed by atoms with Crippen LogP contribution in [-0.2, 0) is 9.59 Å². The van der Waals surface area contributed by atoms with Crippen LogP contribution in [0.3, 0.4) is 0 Å². The van der Waals surface area contributed by atoms with Gasteiger partial charge in [0.25, 0.3) is 16.8 Å². The SMILES string of the molecule is Cc1cc(-c2ccc(/C=C3\SC(=O)N(CC(=O)N4CCCCC4)C3=O)o2)c([N+](=O)[O-])cc1C. The summed E-state index contributed by atoms with van der Waals surface area (Å²) in [6.07, 6.45) is 4.34. The molecule has 0 aliphatic carbocycles. The molecule has 0 bridgehead atoms. The van der Waals surface area contributed by atoms with E-state index in [4.69, 9.17) is 4.42 Å². The molecule has 4 rings (SSSR count). The minimum absolute atomic E-state index is 0.0736. The molecule has 2 saturated heterocycles. The molecule has 33 heavy (non-hydrogen) atoms. The fourth-order valence-corrected chi connectivity index (χ4v) is 4.69. The molecule has 0 radical (unpaired) electrons. The fourth-order valence-electron chi connectivity index (χ4n) is 3.87. The van der Waals surface area contributed by atoms with Crippen molar-refractivity contribution in [1.82, 2.24) is 9.80 Å². The summed E-state index contributed by atoms with van der Waals surface area (Å²) in [6.45, 7) is 4.66. The van der Waals surface area contributed by atoms with E-state index in [-0.39, 0.29) is 34.6 Å². The van der Waals surface area contributed by atoms with Crippen molar-refractivity contribution in [2.24, 2.45) is 0 Å².